The molecule has 2 heterocycles. The highest BCUT2D eigenvalue weighted by Gasteiger charge is 2.19. The second kappa shape index (κ2) is 6.50. The van der Waals surface area contributed by atoms with Gasteiger partial charge >= 0.3 is 0 Å². The Morgan fingerprint density at radius 1 is 1.43 bits per heavy atom. The topological polar surface area (TPSA) is 116 Å². The molecule has 0 atom stereocenters. The molecule has 0 unspecified atom stereocenters. The van der Waals surface area contributed by atoms with E-state index in [9.17, 15) is 8.42 Å². The molecule has 21 heavy (non-hydrogen) atoms. The standard InChI is InChI=1S/C11H18N6O2S2/c1-8(2)5-10-14-15-11(20-10)16-21(18,19)9-6-13-17(7-9)4-3-12/h6-8H,3-5,12H2,1-2H3,(H,15,16). The molecule has 2 aromatic heterocycles. The first-order valence-electron chi connectivity index (χ1n) is 6.48. The van der Waals surface area contributed by atoms with Crippen LogP contribution in [0.2, 0.25) is 0 Å². The van der Waals surface area contributed by atoms with Crippen molar-refractivity contribution in [2.75, 3.05) is 11.3 Å². The molecule has 0 saturated carbocycles. The summed E-state index contributed by atoms with van der Waals surface area (Å²) in [5.41, 5.74) is 5.40. The molecule has 0 amide bonds. The SMILES string of the molecule is CC(C)Cc1nnc(NS(=O)(=O)c2cnn(CCN)c2)s1. The summed E-state index contributed by atoms with van der Waals surface area (Å²) in [6.45, 7) is 4.99. The lowest BCUT2D eigenvalue weighted by atomic mass is 10.1. The number of aromatic nitrogens is 4. The molecular weight excluding hydrogens is 312 g/mol. The fraction of sp³-hybridized carbons (Fsp3) is 0.545. The minimum absolute atomic E-state index is 0.0801. The molecule has 0 aliphatic rings. The van der Waals surface area contributed by atoms with Crippen LogP contribution in [0.1, 0.15) is 18.9 Å². The highest BCUT2D eigenvalue weighted by molar-refractivity contribution is 7.93. The van der Waals surface area contributed by atoms with E-state index in [0.717, 1.165) is 11.4 Å². The summed E-state index contributed by atoms with van der Waals surface area (Å²) in [4.78, 5) is 0.0801. The summed E-state index contributed by atoms with van der Waals surface area (Å²) in [7, 11) is -3.69. The van der Waals surface area contributed by atoms with Crippen LogP contribution in [0.15, 0.2) is 17.3 Å². The lowest BCUT2D eigenvalue weighted by Gasteiger charge is -2.01. The lowest BCUT2D eigenvalue weighted by Crippen LogP contribution is -2.13. The Bertz CT molecular complexity index is 691. The first-order chi connectivity index (χ1) is 9.90. The maximum Gasteiger partial charge on any atom is 0.266 e. The molecule has 116 valence electrons. The van der Waals surface area contributed by atoms with Crippen LogP contribution >= 0.6 is 11.3 Å². The summed E-state index contributed by atoms with van der Waals surface area (Å²) in [5.74, 6) is 0.442. The zero-order valence-electron chi connectivity index (χ0n) is 11.9. The van der Waals surface area contributed by atoms with Gasteiger partial charge < -0.3 is 5.73 Å². The van der Waals surface area contributed by atoms with Crippen molar-refractivity contribution < 1.29 is 8.42 Å². The zero-order valence-corrected chi connectivity index (χ0v) is 13.5. The fourth-order valence-electron chi connectivity index (χ4n) is 1.64. The Balaban J connectivity index is 2.11. The molecule has 0 aliphatic carbocycles. The summed E-state index contributed by atoms with van der Waals surface area (Å²) in [6.07, 6.45) is 3.49. The van der Waals surface area contributed by atoms with E-state index in [1.54, 1.807) is 0 Å². The van der Waals surface area contributed by atoms with Crippen molar-refractivity contribution in [3.63, 3.8) is 0 Å². The molecule has 0 fully saturated rings. The Morgan fingerprint density at radius 2 is 2.19 bits per heavy atom. The third-order valence-corrected chi connectivity index (χ3v) is 4.83. The van der Waals surface area contributed by atoms with Crippen molar-refractivity contribution >= 4 is 26.5 Å². The van der Waals surface area contributed by atoms with Gasteiger partial charge in [0.2, 0.25) is 5.13 Å². The predicted molar refractivity (Wildman–Crippen MR) is 80.5 cm³/mol. The smallest absolute Gasteiger partial charge is 0.266 e. The quantitative estimate of drug-likeness (QED) is 0.771. The lowest BCUT2D eigenvalue weighted by molar-refractivity contribution is 0.599. The number of sulfonamides is 1. The fourth-order valence-corrected chi connectivity index (χ4v) is 3.77. The Hall–Kier alpha value is -1.52. The van der Waals surface area contributed by atoms with Crippen molar-refractivity contribution in [1.29, 1.82) is 0 Å². The Kier molecular flexibility index (Phi) is 4.91. The molecule has 3 N–H and O–H groups in total. The number of nitrogens with one attached hydrogen (secondary N) is 1. The number of anilines is 1. The molecular formula is C11H18N6O2S2. The van der Waals surface area contributed by atoms with E-state index >= 15 is 0 Å². The molecule has 0 bridgehead atoms. The number of rotatable bonds is 7. The van der Waals surface area contributed by atoms with E-state index in [4.69, 9.17) is 5.73 Å². The van der Waals surface area contributed by atoms with Crippen molar-refractivity contribution in [2.45, 2.75) is 31.7 Å². The van der Waals surface area contributed by atoms with Gasteiger partial charge in [-0.1, -0.05) is 25.2 Å². The minimum atomic E-state index is -3.69. The molecule has 2 aromatic rings. The predicted octanol–water partition coefficient (Wildman–Crippen LogP) is 0.693. The number of hydrogen-bond acceptors (Lipinski definition) is 7. The molecule has 0 spiro atoms. The maximum atomic E-state index is 12.2. The zero-order chi connectivity index (χ0) is 15.5. The van der Waals surface area contributed by atoms with Crippen LogP contribution in [0.4, 0.5) is 5.13 Å². The van der Waals surface area contributed by atoms with Gasteiger partial charge in [0.05, 0.1) is 12.7 Å². The van der Waals surface area contributed by atoms with Crippen molar-refractivity contribution in [3.05, 3.63) is 17.4 Å². The summed E-state index contributed by atoms with van der Waals surface area (Å²) in [5, 5.41) is 12.8. The second-order valence-electron chi connectivity index (χ2n) is 4.93. The van der Waals surface area contributed by atoms with Crippen LogP contribution in [0.3, 0.4) is 0 Å². The van der Waals surface area contributed by atoms with Crippen LogP contribution in [-0.2, 0) is 23.0 Å². The second-order valence-corrected chi connectivity index (χ2v) is 7.68. The van der Waals surface area contributed by atoms with Crippen LogP contribution < -0.4 is 10.5 Å². The summed E-state index contributed by atoms with van der Waals surface area (Å²) in [6, 6.07) is 0. The molecule has 0 aliphatic heterocycles. The van der Waals surface area contributed by atoms with E-state index in [1.807, 2.05) is 0 Å². The van der Waals surface area contributed by atoms with Gasteiger partial charge in [0.15, 0.2) is 0 Å². The molecule has 0 aromatic carbocycles. The van der Waals surface area contributed by atoms with Gasteiger partial charge in [0.25, 0.3) is 10.0 Å². The highest BCUT2D eigenvalue weighted by atomic mass is 32.2. The maximum absolute atomic E-state index is 12.2. The normalized spacial score (nSPS) is 12.0. The van der Waals surface area contributed by atoms with E-state index < -0.39 is 10.0 Å². The van der Waals surface area contributed by atoms with E-state index in [2.05, 4.69) is 33.9 Å². The van der Waals surface area contributed by atoms with E-state index in [-0.39, 0.29) is 10.0 Å². The van der Waals surface area contributed by atoms with E-state index in [1.165, 1.54) is 28.4 Å². The third kappa shape index (κ3) is 4.22. The van der Waals surface area contributed by atoms with Crippen molar-refractivity contribution in [2.24, 2.45) is 11.7 Å². The summed E-state index contributed by atoms with van der Waals surface area (Å²) >= 11 is 1.24. The van der Waals surface area contributed by atoms with Gasteiger partial charge in [0, 0.05) is 19.2 Å². The first-order valence-corrected chi connectivity index (χ1v) is 8.78. The van der Waals surface area contributed by atoms with Crippen LogP contribution in [0.25, 0.3) is 0 Å². The minimum Gasteiger partial charge on any atom is -0.329 e. The molecule has 10 heteroatoms. The summed E-state index contributed by atoms with van der Waals surface area (Å²) < 4.78 is 28.3. The Labute approximate surface area is 127 Å². The largest absolute Gasteiger partial charge is 0.329 e. The van der Waals surface area contributed by atoms with Gasteiger partial charge in [-0.15, -0.1) is 10.2 Å². The monoisotopic (exact) mass is 330 g/mol. The van der Waals surface area contributed by atoms with Crippen molar-refractivity contribution in [1.82, 2.24) is 20.0 Å². The number of nitrogens with two attached hydrogens (primary N) is 1. The number of hydrogen-bond donors (Lipinski definition) is 2. The Morgan fingerprint density at radius 3 is 2.86 bits per heavy atom. The van der Waals surface area contributed by atoms with Crippen LogP contribution in [-0.4, -0.2) is 34.9 Å². The molecule has 0 saturated heterocycles. The van der Waals surface area contributed by atoms with Crippen LogP contribution in [0.5, 0.6) is 0 Å². The number of nitrogens with zero attached hydrogens (tertiary/aromatic N) is 4. The van der Waals surface area contributed by atoms with Gasteiger partial charge in [-0.2, -0.15) is 5.10 Å². The average Bonchev–Trinajstić information content (AvgIpc) is 2.98. The van der Waals surface area contributed by atoms with Gasteiger partial charge in [0.1, 0.15) is 9.90 Å². The van der Waals surface area contributed by atoms with Gasteiger partial charge in [-0.05, 0) is 5.92 Å². The first kappa shape index (κ1) is 15.9. The molecule has 0 radical (unpaired) electrons. The third-order valence-electron chi connectivity index (χ3n) is 2.55. The van der Waals surface area contributed by atoms with Crippen molar-refractivity contribution in [3.8, 4) is 0 Å². The highest BCUT2D eigenvalue weighted by Crippen LogP contribution is 2.21. The van der Waals surface area contributed by atoms with Crippen LogP contribution in [0, 0.1) is 5.92 Å². The van der Waals surface area contributed by atoms with E-state index in [0.29, 0.717) is 19.0 Å². The average molecular weight is 330 g/mol. The molecule has 2 rings (SSSR count). The van der Waals surface area contributed by atoms with Gasteiger partial charge in [-0.3, -0.25) is 9.40 Å². The molecule has 8 nitrogen and oxygen atoms in total. The van der Waals surface area contributed by atoms with Gasteiger partial charge in [-0.25, -0.2) is 8.42 Å².